The van der Waals surface area contributed by atoms with Crippen LogP contribution in [0.5, 0.6) is 0 Å². The Bertz CT molecular complexity index is 849. The lowest BCUT2D eigenvalue weighted by Crippen LogP contribution is -2.31. The first-order valence-electron chi connectivity index (χ1n) is 7.37. The molecule has 4 nitrogen and oxygen atoms in total. The predicted octanol–water partition coefficient (Wildman–Crippen LogP) is 4.12. The van der Waals surface area contributed by atoms with Crippen molar-refractivity contribution in [3.8, 4) is 0 Å². The van der Waals surface area contributed by atoms with E-state index in [1.807, 2.05) is 17.5 Å². The molecule has 0 aliphatic carbocycles. The SMILES string of the molecule is O=C(CCN1C(=O)/C(=C/c2cccs2)SC1=S)Nc1cccc(F)c1. The van der Waals surface area contributed by atoms with Crippen LogP contribution in [0.3, 0.4) is 0 Å². The molecule has 1 aromatic carbocycles. The summed E-state index contributed by atoms with van der Waals surface area (Å²) in [5.41, 5.74) is 0.382. The Morgan fingerprint density at radius 3 is 2.88 bits per heavy atom. The normalized spacial score (nSPS) is 15.9. The molecule has 0 atom stereocenters. The lowest BCUT2D eigenvalue weighted by Gasteiger charge is -2.14. The first-order chi connectivity index (χ1) is 12.0. The fourth-order valence-corrected chi connectivity index (χ4v) is 4.23. The maximum atomic E-state index is 13.1. The Kier molecular flexibility index (Phi) is 5.62. The summed E-state index contributed by atoms with van der Waals surface area (Å²) in [6.45, 7) is 0.188. The van der Waals surface area contributed by atoms with E-state index in [2.05, 4.69) is 5.32 Å². The molecule has 1 aromatic heterocycles. The second-order valence-corrected chi connectivity index (χ2v) is 7.81. The van der Waals surface area contributed by atoms with E-state index in [0.717, 1.165) is 4.88 Å². The number of carbonyl (C=O) groups is 2. The Labute approximate surface area is 157 Å². The maximum absolute atomic E-state index is 13.1. The molecule has 2 amide bonds. The van der Waals surface area contributed by atoms with Crippen LogP contribution in [-0.2, 0) is 9.59 Å². The molecule has 128 valence electrons. The van der Waals surface area contributed by atoms with E-state index in [9.17, 15) is 14.0 Å². The minimum absolute atomic E-state index is 0.0786. The summed E-state index contributed by atoms with van der Waals surface area (Å²) in [7, 11) is 0. The molecule has 0 bridgehead atoms. The van der Waals surface area contributed by atoms with Crippen LogP contribution in [0.2, 0.25) is 0 Å². The molecular weight excluding hydrogens is 379 g/mol. The fourth-order valence-electron chi connectivity index (χ4n) is 2.20. The van der Waals surface area contributed by atoms with Gasteiger partial charge in [0.05, 0.1) is 4.91 Å². The standard InChI is InChI=1S/C17H13FN2O2S3/c18-11-3-1-4-12(9-11)19-15(21)6-7-20-16(22)14(25-17(20)23)10-13-5-2-8-24-13/h1-5,8-10H,6-7H2,(H,19,21)/b14-10-. The zero-order chi connectivity index (χ0) is 17.8. The maximum Gasteiger partial charge on any atom is 0.266 e. The molecule has 1 N–H and O–H groups in total. The van der Waals surface area contributed by atoms with Crippen LogP contribution in [0.1, 0.15) is 11.3 Å². The van der Waals surface area contributed by atoms with Gasteiger partial charge < -0.3 is 5.32 Å². The molecule has 0 radical (unpaired) electrons. The highest BCUT2D eigenvalue weighted by Gasteiger charge is 2.32. The number of rotatable bonds is 5. The van der Waals surface area contributed by atoms with Gasteiger partial charge in [-0.05, 0) is 35.7 Å². The van der Waals surface area contributed by atoms with Crippen LogP contribution < -0.4 is 5.32 Å². The Morgan fingerprint density at radius 1 is 1.32 bits per heavy atom. The molecule has 2 aromatic rings. The number of thiophene rings is 1. The predicted molar refractivity (Wildman–Crippen MR) is 104 cm³/mol. The topological polar surface area (TPSA) is 49.4 Å². The van der Waals surface area contributed by atoms with Crippen LogP contribution in [0.4, 0.5) is 10.1 Å². The minimum Gasteiger partial charge on any atom is -0.326 e. The molecule has 1 fully saturated rings. The van der Waals surface area contributed by atoms with Gasteiger partial charge in [0.25, 0.3) is 5.91 Å². The van der Waals surface area contributed by atoms with Gasteiger partial charge >= 0.3 is 0 Å². The quantitative estimate of drug-likeness (QED) is 0.614. The number of benzene rings is 1. The Hall–Kier alpha value is -2.03. The number of thiocarbonyl (C=S) groups is 1. The summed E-state index contributed by atoms with van der Waals surface area (Å²) < 4.78 is 13.6. The molecule has 0 spiro atoms. The van der Waals surface area contributed by atoms with E-state index in [1.54, 1.807) is 12.1 Å². The van der Waals surface area contributed by atoms with E-state index in [-0.39, 0.29) is 24.8 Å². The lowest BCUT2D eigenvalue weighted by molar-refractivity contribution is -0.122. The van der Waals surface area contributed by atoms with Crippen molar-refractivity contribution in [1.29, 1.82) is 0 Å². The second kappa shape index (κ2) is 7.90. The van der Waals surface area contributed by atoms with Crippen LogP contribution in [-0.4, -0.2) is 27.6 Å². The van der Waals surface area contributed by atoms with Gasteiger partial charge in [0, 0.05) is 23.5 Å². The number of anilines is 1. The highest BCUT2D eigenvalue weighted by atomic mass is 32.2. The average Bonchev–Trinajstić information content (AvgIpc) is 3.15. The van der Waals surface area contributed by atoms with Gasteiger partial charge in [-0.1, -0.05) is 36.1 Å². The van der Waals surface area contributed by atoms with E-state index in [1.165, 1.54) is 46.2 Å². The van der Waals surface area contributed by atoms with E-state index < -0.39 is 5.82 Å². The van der Waals surface area contributed by atoms with Crippen LogP contribution >= 0.6 is 35.3 Å². The molecular formula is C17H13FN2O2S3. The number of halogens is 1. The van der Waals surface area contributed by atoms with Crippen LogP contribution in [0.25, 0.3) is 6.08 Å². The van der Waals surface area contributed by atoms with Gasteiger partial charge in [-0.2, -0.15) is 0 Å². The summed E-state index contributed by atoms with van der Waals surface area (Å²) in [6.07, 6.45) is 1.88. The zero-order valence-corrected chi connectivity index (χ0v) is 15.3. The molecule has 2 heterocycles. The second-order valence-electron chi connectivity index (χ2n) is 5.16. The third-order valence-corrected chi connectivity index (χ3v) is 5.56. The Balaban J connectivity index is 1.58. The number of hydrogen-bond acceptors (Lipinski definition) is 5. The molecule has 0 unspecified atom stereocenters. The number of nitrogens with zero attached hydrogens (tertiary/aromatic N) is 1. The molecule has 1 saturated heterocycles. The third kappa shape index (κ3) is 4.53. The van der Waals surface area contributed by atoms with Crippen molar-refractivity contribution in [2.75, 3.05) is 11.9 Å². The van der Waals surface area contributed by atoms with Crippen molar-refractivity contribution in [1.82, 2.24) is 4.90 Å². The molecule has 1 aliphatic rings. The smallest absolute Gasteiger partial charge is 0.266 e. The first kappa shape index (κ1) is 17.8. The van der Waals surface area contributed by atoms with Gasteiger partial charge in [0.15, 0.2) is 0 Å². The van der Waals surface area contributed by atoms with Gasteiger partial charge in [0.2, 0.25) is 5.91 Å². The largest absolute Gasteiger partial charge is 0.326 e. The zero-order valence-electron chi connectivity index (χ0n) is 12.9. The van der Waals surface area contributed by atoms with E-state index >= 15 is 0 Å². The molecule has 3 rings (SSSR count). The average molecular weight is 393 g/mol. The first-order valence-corrected chi connectivity index (χ1v) is 9.47. The van der Waals surface area contributed by atoms with Crippen molar-refractivity contribution >= 4 is 63.2 Å². The van der Waals surface area contributed by atoms with Gasteiger partial charge in [-0.3, -0.25) is 14.5 Å². The third-order valence-electron chi connectivity index (χ3n) is 3.36. The van der Waals surface area contributed by atoms with Crippen molar-refractivity contribution in [2.24, 2.45) is 0 Å². The number of amides is 2. The van der Waals surface area contributed by atoms with E-state index in [4.69, 9.17) is 12.2 Å². The fraction of sp³-hybridized carbons (Fsp3) is 0.118. The summed E-state index contributed by atoms with van der Waals surface area (Å²) in [5, 5.41) is 4.54. The molecule has 25 heavy (non-hydrogen) atoms. The minimum atomic E-state index is -0.423. The summed E-state index contributed by atoms with van der Waals surface area (Å²) in [5.74, 6) is -0.919. The number of nitrogens with one attached hydrogen (secondary N) is 1. The molecule has 1 aliphatic heterocycles. The van der Waals surface area contributed by atoms with Crippen molar-refractivity contribution in [3.05, 3.63) is 57.4 Å². The molecule has 8 heteroatoms. The van der Waals surface area contributed by atoms with Crippen LogP contribution in [0, 0.1) is 5.82 Å². The lowest BCUT2D eigenvalue weighted by atomic mass is 10.3. The van der Waals surface area contributed by atoms with Gasteiger partial charge in [-0.25, -0.2) is 4.39 Å². The van der Waals surface area contributed by atoms with E-state index in [0.29, 0.717) is 14.9 Å². The van der Waals surface area contributed by atoms with Crippen molar-refractivity contribution in [2.45, 2.75) is 6.42 Å². The van der Waals surface area contributed by atoms with Gasteiger partial charge in [-0.15, -0.1) is 11.3 Å². The monoisotopic (exact) mass is 392 g/mol. The number of carbonyl (C=O) groups excluding carboxylic acids is 2. The van der Waals surface area contributed by atoms with Crippen molar-refractivity contribution in [3.63, 3.8) is 0 Å². The summed E-state index contributed by atoms with van der Waals surface area (Å²) >= 11 is 8.01. The number of thioether (sulfide) groups is 1. The highest BCUT2D eigenvalue weighted by Crippen LogP contribution is 2.33. The summed E-state index contributed by atoms with van der Waals surface area (Å²) in [4.78, 5) is 27.4. The van der Waals surface area contributed by atoms with Gasteiger partial charge in [0.1, 0.15) is 10.1 Å². The molecule has 0 saturated carbocycles. The highest BCUT2D eigenvalue weighted by molar-refractivity contribution is 8.26. The van der Waals surface area contributed by atoms with Crippen molar-refractivity contribution < 1.29 is 14.0 Å². The Morgan fingerprint density at radius 2 is 2.16 bits per heavy atom. The van der Waals surface area contributed by atoms with Crippen LogP contribution in [0.15, 0.2) is 46.7 Å². The summed E-state index contributed by atoms with van der Waals surface area (Å²) in [6, 6.07) is 9.49. The number of hydrogen-bond donors (Lipinski definition) is 1.